The molecule has 0 aromatic heterocycles. The third kappa shape index (κ3) is 4.23. The summed E-state index contributed by atoms with van der Waals surface area (Å²) in [6, 6.07) is 18.8. The molecule has 98 valence electrons. The van der Waals surface area contributed by atoms with E-state index in [0.717, 1.165) is 11.1 Å². The van der Waals surface area contributed by atoms with Crippen molar-refractivity contribution in [2.75, 3.05) is 0 Å². The molecule has 2 rings (SSSR count). The lowest BCUT2D eigenvalue weighted by Gasteiger charge is -2.10. The second-order valence-electron chi connectivity index (χ2n) is 4.30. The monoisotopic (exact) mass is 256 g/mol. The maximum absolute atomic E-state index is 11.6. The molecule has 0 saturated carbocycles. The Labute approximate surface area is 112 Å². The van der Waals surface area contributed by atoms with Crippen molar-refractivity contribution >= 4 is 5.97 Å². The van der Waals surface area contributed by atoms with Gasteiger partial charge in [-0.2, -0.15) is 0 Å². The number of ether oxygens (including phenoxy) is 1. The molecule has 0 spiro atoms. The molecule has 3 heteroatoms. The van der Waals surface area contributed by atoms with Gasteiger partial charge in [0.05, 0.1) is 0 Å². The second kappa shape index (κ2) is 6.71. The molecule has 0 amide bonds. The second-order valence-corrected chi connectivity index (χ2v) is 4.30. The van der Waals surface area contributed by atoms with E-state index < -0.39 is 12.1 Å². The van der Waals surface area contributed by atoms with Crippen molar-refractivity contribution in [2.24, 2.45) is 0 Å². The van der Waals surface area contributed by atoms with Gasteiger partial charge < -0.3 is 9.84 Å². The summed E-state index contributed by atoms with van der Waals surface area (Å²) in [6.45, 7) is 0.186. The molecular weight excluding hydrogens is 240 g/mol. The summed E-state index contributed by atoms with van der Waals surface area (Å²) in [5, 5.41) is 9.77. The molecule has 19 heavy (non-hydrogen) atoms. The van der Waals surface area contributed by atoms with Crippen molar-refractivity contribution in [3.05, 3.63) is 71.8 Å². The number of carbonyl (C=O) groups excluding carboxylic acids is 1. The Morgan fingerprint density at radius 1 is 0.947 bits per heavy atom. The van der Waals surface area contributed by atoms with Gasteiger partial charge in [-0.05, 0) is 11.1 Å². The quantitative estimate of drug-likeness (QED) is 0.835. The van der Waals surface area contributed by atoms with Crippen molar-refractivity contribution in [3.8, 4) is 0 Å². The number of hydrogen-bond acceptors (Lipinski definition) is 3. The first kappa shape index (κ1) is 13.3. The predicted molar refractivity (Wildman–Crippen MR) is 72.4 cm³/mol. The first-order chi connectivity index (χ1) is 9.25. The molecule has 0 bridgehead atoms. The first-order valence-corrected chi connectivity index (χ1v) is 6.18. The summed E-state index contributed by atoms with van der Waals surface area (Å²) in [7, 11) is 0. The molecule has 2 aromatic carbocycles. The van der Waals surface area contributed by atoms with Crippen molar-refractivity contribution in [2.45, 2.75) is 19.1 Å². The molecule has 1 N–H and O–H groups in total. The highest BCUT2D eigenvalue weighted by atomic mass is 16.5. The molecule has 0 radical (unpaired) electrons. The van der Waals surface area contributed by atoms with Gasteiger partial charge in [0.15, 0.2) is 6.10 Å². The summed E-state index contributed by atoms with van der Waals surface area (Å²) in [5.41, 5.74) is 1.81. The molecule has 0 saturated heterocycles. The maximum atomic E-state index is 11.6. The number of esters is 1. The molecule has 0 aliphatic carbocycles. The Kier molecular flexibility index (Phi) is 4.70. The van der Waals surface area contributed by atoms with E-state index in [0.29, 0.717) is 0 Å². The predicted octanol–water partition coefficient (Wildman–Crippen LogP) is 2.33. The molecule has 2 aromatic rings. The molecule has 0 fully saturated rings. The number of aliphatic hydroxyl groups is 1. The van der Waals surface area contributed by atoms with E-state index in [4.69, 9.17) is 4.74 Å². The summed E-state index contributed by atoms with van der Waals surface area (Å²) in [5.74, 6) is -0.590. The van der Waals surface area contributed by atoms with Crippen molar-refractivity contribution in [1.82, 2.24) is 0 Å². The number of hydrogen-bond donors (Lipinski definition) is 1. The van der Waals surface area contributed by atoms with E-state index >= 15 is 0 Å². The smallest absolute Gasteiger partial charge is 0.335 e. The minimum atomic E-state index is -1.12. The Morgan fingerprint density at radius 2 is 1.47 bits per heavy atom. The fraction of sp³-hybridized carbons (Fsp3) is 0.188. The molecule has 3 nitrogen and oxygen atoms in total. The van der Waals surface area contributed by atoms with E-state index in [1.165, 1.54) is 0 Å². The highest BCUT2D eigenvalue weighted by Crippen LogP contribution is 2.06. The molecule has 1 atom stereocenters. The van der Waals surface area contributed by atoms with Crippen LogP contribution in [0.5, 0.6) is 0 Å². The summed E-state index contributed by atoms with van der Waals surface area (Å²) < 4.78 is 5.07. The van der Waals surface area contributed by atoms with Gasteiger partial charge in [-0.1, -0.05) is 60.7 Å². The van der Waals surface area contributed by atoms with Crippen LogP contribution < -0.4 is 0 Å². The van der Waals surface area contributed by atoms with Crippen LogP contribution in [0.15, 0.2) is 60.7 Å². The van der Waals surface area contributed by atoms with Crippen LogP contribution in [0.4, 0.5) is 0 Å². The Bertz CT molecular complexity index is 508. The van der Waals surface area contributed by atoms with Crippen LogP contribution in [0, 0.1) is 0 Å². The molecule has 0 aliphatic heterocycles. The fourth-order valence-electron chi connectivity index (χ4n) is 1.75. The van der Waals surface area contributed by atoms with Crippen LogP contribution in [0.2, 0.25) is 0 Å². The van der Waals surface area contributed by atoms with Gasteiger partial charge in [-0.15, -0.1) is 0 Å². The van der Waals surface area contributed by atoms with Gasteiger partial charge in [-0.25, -0.2) is 4.79 Å². The normalized spacial score (nSPS) is 11.8. The Balaban J connectivity index is 1.83. The lowest BCUT2D eigenvalue weighted by Crippen LogP contribution is -2.25. The van der Waals surface area contributed by atoms with Crippen LogP contribution in [-0.2, 0) is 22.6 Å². The number of carbonyl (C=O) groups is 1. The van der Waals surface area contributed by atoms with Gasteiger partial charge in [0.2, 0.25) is 0 Å². The van der Waals surface area contributed by atoms with E-state index in [1.54, 1.807) is 0 Å². The lowest BCUT2D eigenvalue weighted by atomic mass is 10.1. The zero-order valence-corrected chi connectivity index (χ0v) is 10.5. The standard InChI is InChI=1S/C16H16O3/c17-15(11-13-7-3-1-4-8-13)16(18)19-12-14-9-5-2-6-10-14/h1-10,15,17H,11-12H2/t15-/m1/s1. The minimum Gasteiger partial charge on any atom is -0.459 e. The van der Waals surface area contributed by atoms with Crippen LogP contribution in [0.1, 0.15) is 11.1 Å². The van der Waals surface area contributed by atoms with Crippen LogP contribution >= 0.6 is 0 Å². The van der Waals surface area contributed by atoms with Crippen LogP contribution in [-0.4, -0.2) is 17.2 Å². The molecule has 0 aliphatic rings. The number of rotatable bonds is 5. The third-order valence-electron chi connectivity index (χ3n) is 2.77. The molecule has 0 heterocycles. The van der Waals surface area contributed by atoms with E-state index in [2.05, 4.69) is 0 Å². The summed E-state index contributed by atoms with van der Waals surface area (Å²) in [6.07, 6.45) is -0.847. The van der Waals surface area contributed by atoms with Crippen LogP contribution in [0.25, 0.3) is 0 Å². The Hall–Kier alpha value is -2.13. The third-order valence-corrected chi connectivity index (χ3v) is 2.77. The van der Waals surface area contributed by atoms with Gasteiger partial charge in [0, 0.05) is 6.42 Å². The van der Waals surface area contributed by atoms with E-state index in [9.17, 15) is 9.90 Å². The molecule has 0 unspecified atom stereocenters. The van der Waals surface area contributed by atoms with Crippen molar-refractivity contribution in [1.29, 1.82) is 0 Å². The summed E-state index contributed by atoms with van der Waals surface area (Å²) >= 11 is 0. The SMILES string of the molecule is O=C(OCc1ccccc1)[C@H](O)Cc1ccccc1. The van der Waals surface area contributed by atoms with Crippen molar-refractivity contribution < 1.29 is 14.6 Å². The minimum absolute atomic E-state index is 0.186. The maximum Gasteiger partial charge on any atom is 0.335 e. The zero-order valence-electron chi connectivity index (χ0n) is 10.5. The highest BCUT2D eigenvalue weighted by Gasteiger charge is 2.17. The topological polar surface area (TPSA) is 46.5 Å². The zero-order chi connectivity index (χ0) is 13.5. The number of aliphatic hydroxyl groups excluding tert-OH is 1. The van der Waals surface area contributed by atoms with E-state index in [1.807, 2.05) is 60.7 Å². The number of benzene rings is 2. The lowest BCUT2D eigenvalue weighted by molar-refractivity contribution is -0.154. The van der Waals surface area contributed by atoms with Gasteiger partial charge in [0.1, 0.15) is 6.61 Å². The largest absolute Gasteiger partial charge is 0.459 e. The van der Waals surface area contributed by atoms with Gasteiger partial charge >= 0.3 is 5.97 Å². The van der Waals surface area contributed by atoms with E-state index in [-0.39, 0.29) is 13.0 Å². The fourth-order valence-corrected chi connectivity index (χ4v) is 1.75. The average molecular weight is 256 g/mol. The Morgan fingerprint density at radius 3 is 2.05 bits per heavy atom. The summed E-state index contributed by atoms with van der Waals surface area (Å²) in [4.78, 5) is 11.6. The van der Waals surface area contributed by atoms with Crippen LogP contribution in [0.3, 0.4) is 0 Å². The van der Waals surface area contributed by atoms with Gasteiger partial charge in [-0.3, -0.25) is 0 Å². The van der Waals surface area contributed by atoms with Crippen molar-refractivity contribution in [3.63, 3.8) is 0 Å². The average Bonchev–Trinajstić information content (AvgIpc) is 2.47. The highest BCUT2D eigenvalue weighted by molar-refractivity contribution is 5.74. The molecular formula is C16H16O3. The first-order valence-electron chi connectivity index (χ1n) is 6.18. The van der Waals surface area contributed by atoms with Gasteiger partial charge in [0.25, 0.3) is 0 Å².